The van der Waals surface area contributed by atoms with Crippen molar-refractivity contribution in [3.63, 3.8) is 0 Å². The normalized spacial score (nSPS) is 20.1. The monoisotopic (exact) mass is 276 g/mol. The molecule has 5 nitrogen and oxygen atoms in total. The Kier molecular flexibility index (Phi) is 3.65. The van der Waals surface area contributed by atoms with Gasteiger partial charge in [0.05, 0.1) is 17.6 Å². The Balaban J connectivity index is 2.40. The zero-order chi connectivity index (χ0) is 15.1. The molecule has 1 fully saturated rings. The Hall–Kier alpha value is -1.40. The first kappa shape index (κ1) is 15.0. The lowest BCUT2D eigenvalue weighted by molar-refractivity contribution is -0.117. The summed E-state index contributed by atoms with van der Waals surface area (Å²) < 4.78 is 12.0. The van der Waals surface area contributed by atoms with Crippen LogP contribution in [0.15, 0.2) is 12.4 Å². The highest BCUT2D eigenvalue weighted by molar-refractivity contribution is 6.62. The van der Waals surface area contributed by atoms with Crippen LogP contribution in [0.1, 0.15) is 38.8 Å². The van der Waals surface area contributed by atoms with E-state index in [9.17, 15) is 4.79 Å². The number of nitrogens with two attached hydrogens (primary N) is 1. The minimum atomic E-state index is -0.526. The lowest BCUT2D eigenvalue weighted by Gasteiger charge is -2.32. The van der Waals surface area contributed by atoms with Gasteiger partial charge in [-0.15, -0.1) is 0 Å². The third-order valence-electron chi connectivity index (χ3n) is 4.16. The van der Waals surface area contributed by atoms with Crippen molar-refractivity contribution in [2.24, 2.45) is 5.73 Å². The van der Waals surface area contributed by atoms with E-state index in [4.69, 9.17) is 15.0 Å². The lowest BCUT2D eigenvalue weighted by atomic mass is 9.75. The first-order valence-corrected chi connectivity index (χ1v) is 6.71. The molecule has 0 atom stereocenters. The van der Waals surface area contributed by atoms with E-state index in [1.807, 2.05) is 34.6 Å². The molecule has 108 valence electrons. The van der Waals surface area contributed by atoms with Crippen LogP contribution in [0.5, 0.6) is 0 Å². The van der Waals surface area contributed by atoms with E-state index in [2.05, 4.69) is 4.98 Å². The average molecular weight is 276 g/mol. The van der Waals surface area contributed by atoms with Gasteiger partial charge in [-0.25, -0.2) is 0 Å². The number of rotatable bonds is 3. The predicted molar refractivity (Wildman–Crippen MR) is 77.6 cm³/mol. The van der Waals surface area contributed by atoms with Crippen LogP contribution in [0.25, 0.3) is 0 Å². The summed E-state index contributed by atoms with van der Waals surface area (Å²) in [5, 5.41) is 0. The fourth-order valence-electron chi connectivity index (χ4n) is 2.20. The quantitative estimate of drug-likeness (QED) is 0.825. The van der Waals surface area contributed by atoms with Gasteiger partial charge in [0.25, 0.3) is 0 Å². The van der Waals surface area contributed by atoms with Gasteiger partial charge in [0.2, 0.25) is 5.91 Å². The maximum absolute atomic E-state index is 11.3. The van der Waals surface area contributed by atoms with Crippen molar-refractivity contribution in [3.05, 3.63) is 23.5 Å². The van der Waals surface area contributed by atoms with E-state index in [-0.39, 0.29) is 12.3 Å². The van der Waals surface area contributed by atoms with Crippen molar-refractivity contribution < 1.29 is 14.1 Å². The van der Waals surface area contributed by atoms with Crippen molar-refractivity contribution in [1.29, 1.82) is 0 Å². The second-order valence-electron chi connectivity index (χ2n) is 6.26. The van der Waals surface area contributed by atoms with E-state index in [1.165, 1.54) is 0 Å². The fraction of sp³-hybridized carbons (Fsp3) is 0.571. The number of hydrogen-bond acceptors (Lipinski definition) is 4. The number of aromatic nitrogens is 1. The molecule has 0 aliphatic carbocycles. The molecule has 0 radical (unpaired) electrons. The second-order valence-corrected chi connectivity index (χ2v) is 6.26. The molecule has 20 heavy (non-hydrogen) atoms. The molecule has 0 aromatic carbocycles. The standard InChI is InChI=1S/C14H21BN2O3/c1-9-7-17-8-11(10(9)6-12(16)18)15-19-13(2,3)14(4,5)20-15/h7-8H,6H2,1-5H3,(H2,16,18). The van der Waals surface area contributed by atoms with E-state index in [1.54, 1.807) is 12.4 Å². The molecule has 6 heteroatoms. The van der Waals surface area contributed by atoms with Crippen LogP contribution in [-0.2, 0) is 20.5 Å². The zero-order valence-electron chi connectivity index (χ0n) is 12.7. The van der Waals surface area contributed by atoms with Gasteiger partial charge in [0, 0.05) is 17.9 Å². The molecular formula is C14H21BN2O3. The summed E-state index contributed by atoms with van der Waals surface area (Å²) in [4.78, 5) is 15.4. The third-order valence-corrected chi connectivity index (χ3v) is 4.16. The van der Waals surface area contributed by atoms with Gasteiger partial charge in [-0.2, -0.15) is 0 Å². The topological polar surface area (TPSA) is 74.4 Å². The third kappa shape index (κ3) is 2.58. The highest BCUT2D eigenvalue weighted by atomic mass is 16.7. The van der Waals surface area contributed by atoms with E-state index in [0.29, 0.717) is 0 Å². The molecule has 2 heterocycles. The predicted octanol–water partition coefficient (Wildman–Crippen LogP) is 0.717. The van der Waals surface area contributed by atoms with Crippen molar-refractivity contribution in [1.82, 2.24) is 4.98 Å². The van der Waals surface area contributed by atoms with Gasteiger partial charge in [-0.3, -0.25) is 9.78 Å². The molecule has 2 N–H and O–H groups in total. The second kappa shape index (κ2) is 4.86. The number of pyridine rings is 1. The van der Waals surface area contributed by atoms with Crippen molar-refractivity contribution in [2.45, 2.75) is 52.2 Å². The van der Waals surface area contributed by atoms with Crippen molar-refractivity contribution in [3.8, 4) is 0 Å². The molecular weight excluding hydrogens is 255 g/mol. The summed E-state index contributed by atoms with van der Waals surface area (Å²) in [5.74, 6) is -0.378. The Morgan fingerprint density at radius 3 is 2.30 bits per heavy atom. The van der Waals surface area contributed by atoms with Gasteiger partial charge in [0.15, 0.2) is 0 Å². The summed E-state index contributed by atoms with van der Waals surface area (Å²) in [6.45, 7) is 9.86. The summed E-state index contributed by atoms with van der Waals surface area (Å²) >= 11 is 0. The molecule has 0 unspecified atom stereocenters. The lowest BCUT2D eigenvalue weighted by Crippen LogP contribution is -2.41. The molecule has 1 saturated heterocycles. The molecule has 0 bridgehead atoms. The van der Waals surface area contributed by atoms with Gasteiger partial charge in [-0.1, -0.05) is 0 Å². The van der Waals surface area contributed by atoms with Crippen LogP contribution in [-0.4, -0.2) is 29.2 Å². The minimum Gasteiger partial charge on any atom is -0.399 e. The molecule has 1 aromatic rings. The molecule has 1 aliphatic heterocycles. The van der Waals surface area contributed by atoms with Crippen LogP contribution in [0, 0.1) is 6.92 Å². The number of aryl methyl sites for hydroxylation is 1. The molecule has 0 saturated carbocycles. The number of nitrogens with zero attached hydrogens (tertiary/aromatic N) is 1. The van der Waals surface area contributed by atoms with Gasteiger partial charge >= 0.3 is 7.12 Å². The summed E-state index contributed by atoms with van der Waals surface area (Å²) in [6.07, 6.45) is 3.56. The summed E-state index contributed by atoms with van der Waals surface area (Å²) in [7, 11) is -0.526. The Bertz CT molecular complexity index is 527. The van der Waals surface area contributed by atoms with Gasteiger partial charge < -0.3 is 15.0 Å². The smallest absolute Gasteiger partial charge is 0.399 e. The minimum absolute atomic E-state index is 0.160. The molecule has 0 spiro atoms. The van der Waals surface area contributed by atoms with Crippen LogP contribution in [0.3, 0.4) is 0 Å². The van der Waals surface area contributed by atoms with Crippen LogP contribution in [0.2, 0.25) is 0 Å². The van der Waals surface area contributed by atoms with E-state index >= 15 is 0 Å². The molecule has 1 amide bonds. The van der Waals surface area contributed by atoms with Gasteiger partial charge in [0.1, 0.15) is 0 Å². The van der Waals surface area contributed by atoms with Crippen molar-refractivity contribution in [2.75, 3.05) is 0 Å². The summed E-state index contributed by atoms with van der Waals surface area (Å²) in [5.41, 5.74) is 7.01. The summed E-state index contributed by atoms with van der Waals surface area (Å²) in [6, 6.07) is 0. The molecule has 1 aromatic heterocycles. The van der Waals surface area contributed by atoms with Crippen LogP contribution >= 0.6 is 0 Å². The molecule has 2 rings (SSSR count). The number of hydrogen-bond donors (Lipinski definition) is 1. The van der Waals surface area contributed by atoms with Gasteiger partial charge in [-0.05, 0) is 45.7 Å². The largest absolute Gasteiger partial charge is 0.496 e. The SMILES string of the molecule is Cc1cncc(B2OC(C)(C)C(C)(C)O2)c1CC(N)=O. The highest BCUT2D eigenvalue weighted by Gasteiger charge is 2.52. The van der Waals surface area contributed by atoms with E-state index < -0.39 is 18.3 Å². The van der Waals surface area contributed by atoms with E-state index in [0.717, 1.165) is 16.6 Å². The zero-order valence-corrected chi connectivity index (χ0v) is 12.7. The Morgan fingerprint density at radius 1 is 1.25 bits per heavy atom. The molecule has 1 aliphatic rings. The average Bonchev–Trinajstić information content (AvgIpc) is 2.50. The first-order valence-electron chi connectivity index (χ1n) is 6.71. The Morgan fingerprint density at radius 2 is 1.80 bits per heavy atom. The number of primary amides is 1. The Labute approximate surface area is 120 Å². The maximum Gasteiger partial charge on any atom is 0.496 e. The highest BCUT2D eigenvalue weighted by Crippen LogP contribution is 2.36. The van der Waals surface area contributed by atoms with Crippen molar-refractivity contribution >= 4 is 18.5 Å². The van der Waals surface area contributed by atoms with Crippen LogP contribution < -0.4 is 11.2 Å². The number of carbonyl (C=O) groups is 1. The maximum atomic E-state index is 11.3. The number of amides is 1. The van der Waals surface area contributed by atoms with Crippen LogP contribution in [0.4, 0.5) is 0 Å². The number of carbonyl (C=O) groups excluding carboxylic acids is 1. The fourth-order valence-corrected chi connectivity index (χ4v) is 2.20. The first-order chi connectivity index (χ1) is 9.14.